The molecule has 0 heterocycles. The van der Waals surface area contributed by atoms with Gasteiger partial charge in [-0.15, -0.1) is 0 Å². The van der Waals surface area contributed by atoms with Crippen molar-refractivity contribution < 1.29 is 29.4 Å². The van der Waals surface area contributed by atoms with Crippen LogP contribution >= 0.6 is 0 Å². The molecule has 0 rings (SSSR count). The lowest BCUT2D eigenvalue weighted by molar-refractivity contribution is -0.144. The lowest BCUT2D eigenvalue weighted by Crippen LogP contribution is -2.55. The topological polar surface area (TPSA) is 223 Å². The average molecular weight is 402 g/mol. The fourth-order valence-electron chi connectivity index (χ4n) is 2.27. The summed E-state index contributed by atoms with van der Waals surface area (Å²) >= 11 is 0. The van der Waals surface area contributed by atoms with E-state index in [9.17, 15) is 24.3 Å². The lowest BCUT2D eigenvalue weighted by atomic mass is 9.98. The first-order valence-electron chi connectivity index (χ1n) is 8.85. The molecular formula is C16H30N6O6. The summed E-state index contributed by atoms with van der Waals surface area (Å²) in [7, 11) is 0. The molecule has 0 saturated heterocycles. The Hall–Kier alpha value is -2.89. The molecule has 0 bridgehead atoms. The van der Waals surface area contributed by atoms with Crippen LogP contribution in [0.15, 0.2) is 4.99 Å². The third kappa shape index (κ3) is 9.71. The number of rotatable bonds is 13. The number of aliphatic carboxylic acids is 2. The van der Waals surface area contributed by atoms with Gasteiger partial charge in [-0.3, -0.25) is 19.4 Å². The number of hydrogen-bond donors (Lipinski definition) is 7. The van der Waals surface area contributed by atoms with Crippen LogP contribution in [0.4, 0.5) is 0 Å². The van der Waals surface area contributed by atoms with Crippen molar-refractivity contribution in [2.75, 3.05) is 6.54 Å². The summed E-state index contributed by atoms with van der Waals surface area (Å²) in [6.45, 7) is 3.65. The van der Waals surface area contributed by atoms with Crippen LogP contribution in [0, 0.1) is 5.92 Å². The van der Waals surface area contributed by atoms with Crippen molar-refractivity contribution in [3.05, 3.63) is 0 Å². The molecule has 0 aromatic rings. The van der Waals surface area contributed by atoms with Gasteiger partial charge in [-0.2, -0.15) is 0 Å². The first-order chi connectivity index (χ1) is 13.0. The van der Waals surface area contributed by atoms with E-state index in [1.165, 1.54) is 0 Å². The maximum absolute atomic E-state index is 12.6. The number of hydrogen-bond acceptors (Lipinski definition) is 6. The van der Waals surface area contributed by atoms with Gasteiger partial charge in [0.25, 0.3) is 0 Å². The van der Waals surface area contributed by atoms with E-state index in [0.29, 0.717) is 12.8 Å². The molecule has 0 spiro atoms. The molecular weight excluding hydrogens is 372 g/mol. The summed E-state index contributed by atoms with van der Waals surface area (Å²) in [6, 6.07) is -3.61. The molecule has 28 heavy (non-hydrogen) atoms. The number of aliphatic imine (C=N–C) groups is 1. The second-order valence-corrected chi connectivity index (χ2v) is 6.42. The average Bonchev–Trinajstić information content (AvgIpc) is 2.59. The Bertz CT molecular complexity index is 592. The molecule has 2 amide bonds. The van der Waals surface area contributed by atoms with E-state index in [2.05, 4.69) is 15.6 Å². The zero-order valence-electron chi connectivity index (χ0n) is 16.1. The maximum Gasteiger partial charge on any atom is 0.326 e. The van der Waals surface area contributed by atoms with E-state index in [4.69, 9.17) is 22.3 Å². The highest BCUT2D eigenvalue weighted by Gasteiger charge is 2.30. The van der Waals surface area contributed by atoms with Crippen molar-refractivity contribution in [3.63, 3.8) is 0 Å². The Morgan fingerprint density at radius 3 is 2.14 bits per heavy atom. The van der Waals surface area contributed by atoms with E-state index in [1.807, 2.05) is 0 Å². The van der Waals surface area contributed by atoms with Gasteiger partial charge < -0.3 is 38.0 Å². The van der Waals surface area contributed by atoms with E-state index >= 15 is 0 Å². The fourth-order valence-corrected chi connectivity index (χ4v) is 2.27. The van der Waals surface area contributed by atoms with Crippen molar-refractivity contribution in [1.82, 2.24) is 10.6 Å². The number of carboxylic acid groups (broad SMARTS) is 2. The van der Waals surface area contributed by atoms with Crippen molar-refractivity contribution in [2.24, 2.45) is 28.1 Å². The van der Waals surface area contributed by atoms with Crippen molar-refractivity contribution >= 4 is 29.7 Å². The molecule has 0 fully saturated rings. The van der Waals surface area contributed by atoms with Crippen LogP contribution in [0.25, 0.3) is 0 Å². The smallest absolute Gasteiger partial charge is 0.326 e. The van der Waals surface area contributed by atoms with Crippen LogP contribution in [-0.4, -0.2) is 64.6 Å². The number of carboxylic acids is 2. The van der Waals surface area contributed by atoms with Gasteiger partial charge >= 0.3 is 11.9 Å². The van der Waals surface area contributed by atoms with E-state index in [-0.39, 0.29) is 24.8 Å². The monoisotopic (exact) mass is 402 g/mol. The van der Waals surface area contributed by atoms with Crippen LogP contribution < -0.4 is 27.8 Å². The first-order valence-corrected chi connectivity index (χ1v) is 8.85. The minimum Gasteiger partial charge on any atom is -0.481 e. The molecule has 0 saturated carbocycles. The first kappa shape index (κ1) is 25.1. The largest absolute Gasteiger partial charge is 0.481 e. The Labute approximate surface area is 162 Å². The molecule has 12 nitrogen and oxygen atoms in total. The second kappa shape index (κ2) is 12.5. The number of nitrogens with two attached hydrogens (primary N) is 3. The minimum absolute atomic E-state index is 0.0982. The second-order valence-electron chi connectivity index (χ2n) is 6.42. The van der Waals surface area contributed by atoms with Gasteiger partial charge in [0.05, 0.1) is 12.5 Å². The summed E-state index contributed by atoms with van der Waals surface area (Å²) in [4.78, 5) is 50.5. The van der Waals surface area contributed by atoms with Crippen molar-refractivity contribution in [2.45, 2.75) is 57.7 Å². The van der Waals surface area contributed by atoms with Gasteiger partial charge in [0.2, 0.25) is 11.8 Å². The number of nitrogens with zero attached hydrogens (tertiary/aromatic N) is 1. The fraction of sp³-hybridized carbons (Fsp3) is 0.688. The number of nitrogens with one attached hydrogen (secondary N) is 2. The Morgan fingerprint density at radius 1 is 1.07 bits per heavy atom. The third-order valence-electron chi connectivity index (χ3n) is 4.09. The van der Waals surface area contributed by atoms with Gasteiger partial charge in [-0.25, -0.2) is 4.79 Å². The zero-order valence-corrected chi connectivity index (χ0v) is 16.1. The molecule has 4 atom stereocenters. The van der Waals surface area contributed by atoms with Gasteiger partial charge in [0.1, 0.15) is 12.1 Å². The van der Waals surface area contributed by atoms with E-state index < -0.39 is 48.3 Å². The van der Waals surface area contributed by atoms with E-state index in [1.54, 1.807) is 13.8 Å². The summed E-state index contributed by atoms with van der Waals surface area (Å²) in [5.41, 5.74) is 16.0. The number of carbonyl (C=O) groups excluding carboxylic acids is 2. The maximum atomic E-state index is 12.6. The predicted molar refractivity (Wildman–Crippen MR) is 101 cm³/mol. The highest BCUT2D eigenvalue weighted by atomic mass is 16.4. The van der Waals surface area contributed by atoms with Gasteiger partial charge in [0.15, 0.2) is 5.96 Å². The molecule has 0 aromatic heterocycles. The summed E-state index contributed by atoms with van der Waals surface area (Å²) < 4.78 is 0. The molecule has 4 unspecified atom stereocenters. The predicted octanol–water partition coefficient (Wildman–Crippen LogP) is -2.06. The number of guanidine groups is 1. The minimum atomic E-state index is -1.35. The SMILES string of the molecule is CCC(C)C(NC(=O)C(CCCN=C(N)N)NC(=O)C(N)CC(=O)O)C(=O)O. The summed E-state index contributed by atoms with van der Waals surface area (Å²) in [5.74, 6) is -4.48. The van der Waals surface area contributed by atoms with Gasteiger partial charge in [-0.1, -0.05) is 20.3 Å². The normalized spacial score (nSPS) is 14.8. The summed E-state index contributed by atoms with van der Waals surface area (Å²) in [6.07, 6.45) is 0.313. The third-order valence-corrected chi connectivity index (χ3v) is 4.09. The van der Waals surface area contributed by atoms with Crippen molar-refractivity contribution in [3.8, 4) is 0 Å². The summed E-state index contributed by atoms with van der Waals surface area (Å²) in [5, 5.41) is 22.8. The molecule has 12 heteroatoms. The number of carbonyl (C=O) groups is 4. The molecule has 0 radical (unpaired) electrons. The Morgan fingerprint density at radius 2 is 1.68 bits per heavy atom. The molecule has 0 aliphatic carbocycles. The Kier molecular flexibility index (Phi) is 11.2. The van der Waals surface area contributed by atoms with Gasteiger partial charge in [-0.05, 0) is 18.8 Å². The Balaban J connectivity index is 5.20. The highest BCUT2D eigenvalue weighted by Crippen LogP contribution is 2.09. The van der Waals surface area contributed by atoms with Crippen molar-refractivity contribution in [1.29, 1.82) is 0 Å². The van der Waals surface area contributed by atoms with Crippen LogP contribution in [0.2, 0.25) is 0 Å². The van der Waals surface area contributed by atoms with Gasteiger partial charge in [0, 0.05) is 6.54 Å². The van der Waals surface area contributed by atoms with Crippen LogP contribution in [0.1, 0.15) is 39.5 Å². The highest BCUT2D eigenvalue weighted by molar-refractivity contribution is 5.93. The van der Waals surface area contributed by atoms with Crippen LogP contribution in [0.3, 0.4) is 0 Å². The molecule has 0 aliphatic rings. The lowest BCUT2D eigenvalue weighted by Gasteiger charge is -2.25. The molecule has 0 aromatic carbocycles. The molecule has 0 aliphatic heterocycles. The van der Waals surface area contributed by atoms with E-state index in [0.717, 1.165) is 0 Å². The zero-order chi connectivity index (χ0) is 21.9. The molecule has 10 N–H and O–H groups in total. The number of amides is 2. The van der Waals surface area contributed by atoms with Crippen LogP contribution in [-0.2, 0) is 19.2 Å². The van der Waals surface area contributed by atoms with Crippen LogP contribution in [0.5, 0.6) is 0 Å². The molecule has 160 valence electrons. The standard InChI is InChI=1S/C16H30N6O6/c1-3-8(2)12(15(27)28)22-14(26)10(5-4-6-20-16(18)19)21-13(25)9(17)7-11(23)24/h8-10,12H,3-7,17H2,1-2H3,(H,21,25)(H,22,26)(H,23,24)(H,27,28)(H4,18,19,20). The quantitative estimate of drug-likeness (QED) is 0.102.